The molecular weight excluding hydrogens is 272 g/mol. The number of benzene rings is 1. The monoisotopic (exact) mass is 286 g/mol. The molecule has 2 heterocycles. The third-order valence-corrected chi connectivity index (χ3v) is 6.90. The minimum atomic E-state index is -1.54. The Morgan fingerprint density at radius 3 is 2.59 bits per heavy atom. The minimum absolute atomic E-state index is 0.756. The van der Waals surface area contributed by atoms with Crippen molar-refractivity contribution in [2.45, 2.75) is 4.90 Å². The van der Waals surface area contributed by atoms with Gasteiger partial charge in [-0.15, -0.1) is 23.3 Å². The number of thiol groups is 2. The van der Waals surface area contributed by atoms with Gasteiger partial charge in [0, 0.05) is 18.0 Å². The minimum Gasteiger partial charge on any atom is -0.378 e. The molecule has 0 bridgehead atoms. The molecule has 0 saturated carbocycles. The number of morpholine rings is 1. The van der Waals surface area contributed by atoms with Crippen LogP contribution in [0, 0.1) is 0 Å². The predicted octanol–water partition coefficient (Wildman–Crippen LogP) is 2.87. The third kappa shape index (κ3) is 1.97. The van der Waals surface area contributed by atoms with Crippen molar-refractivity contribution >= 4 is 42.3 Å². The first-order valence-corrected chi connectivity index (χ1v) is 9.22. The maximum absolute atomic E-state index is 5.37. The van der Waals surface area contributed by atoms with Crippen LogP contribution in [-0.2, 0) is 4.74 Å². The quantitative estimate of drug-likeness (QED) is 0.566. The number of rotatable bonds is 0. The molecule has 0 amide bonds. The van der Waals surface area contributed by atoms with Gasteiger partial charge in [0.05, 0.1) is 18.9 Å². The summed E-state index contributed by atoms with van der Waals surface area (Å²) in [4.78, 5) is 8.09. The van der Waals surface area contributed by atoms with E-state index < -0.39 is 8.09 Å². The van der Waals surface area contributed by atoms with E-state index >= 15 is 0 Å². The number of fused-ring (bicyclic) bond motifs is 1. The molecule has 1 fully saturated rings. The van der Waals surface area contributed by atoms with E-state index in [0.29, 0.717) is 0 Å². The molecule has 0 spiro atoms. The van der Waals surface area contributed by atoms with Crippen LogP contribution < -0.4 is 0 Å². The highest BCUT2D eigenvalue weighted by atomic mass is 33.5. The molecule has 0 radical (unpaired) electrons. The van der Waals surface area contributed by atoms with Gasteiger partial charge in [-0.05, 0) is 12.1 Å². The lowest BCUT2D eigenvalue weighted by molar-refractivity contribution is 0.0694. The average Bonchev–Trinajstić information content (AvgIpc) is 2.63. The van der Waals surface area contributed by atoms with Crippen LogP contribution in [0.1, 0.15) is 0 Å². The number of hydrogen-bond donors (Lipinski definition) is 2. The summed E-state index contributed by atoms with van der Waals surface area (Å²) in [6.07, 6.45) is 0. The van der Waals surface area contributed by atoms with Crippen molar-refractivity contribution in [1.82, 2.24) is 4.90 Å². The molecule has 1 aromatic carbocycles. The second-order valence-electron chi connectivity index (χ2n) is 4.01. The molecule has 0 atom stereocenters. The van der Waals surface area contributed by atoms with Gasteiger partial charge in [-0.25, -0.2) is 4.99 Å². The van der Waals surface area contributed by atoms with Gasteiger partial charge in [-0.3, -0.25) is 0 Å². The van der Waals surface area contributed by atoms with Gasteiger partial charge in [0.1, 0.15) is 0 Å². The van der Waals surface area contributed by atoms with Crippen molar-refractivity contribution in [3.63, 3.8) is 0 Å². The van der Waals surface area contributed by atoms with E-state index in [9.17, 15) is 0 Å². The Kier molecular flexibility index (Phi) is 3.06. The lowest BCUT2D eigenvalue weighted by Gasteiger charge is -2.36. The van der Waals surface area contributed by atoms with Crippen LogP contribution in [-0.4, -0.2) is 36.4 Å². The summed E-state index contributed by atoms with van der Waals surface area (Å²) < 4.78 is 5.37. The molecular formula is C11H14N2OS3. The molecule has 6 heteroatoms. The fourth-order valence-corrected chi connectivity index (χ4v) is 5.56. The largest absolute Gasteiger partial charge is 0.378 e. The molecule has 1 aromatic rings. The molecule has 17 heavy (non-hydrogen) atoms. The lowest BCUT2D eigenvalue weighted by Crippen LogP contribution is -2.40. The zero-order valence-electron chi connectivity index (χ0n) is 9.24. The van der Waals surface area contributed by atoms with Crippen LogP contribution in [0.4, 0.5) is 5.69 Å². The molecule has 2 aliphatic heterocycles. The van der Waals surface area contributed by atoms with Gasteiger partial charge < -0.3 is 9.64 Å². The summed E-state index contributed by atoms with van der Waals surface area (Å²) in [7, 11) is -1.54. The fourth-order valence-electron chi connectivity index (χ4n) is 2.06. The molecule has 1 saturated heterocycles. The molecule has 2 aliphatic rings. The van der Waals surface area contributed by atoms with E-state index in [1.165, 1.54) is 0 Å². The van der Waals surface area contributed by atoms with Gasteiger partial charge in [0.15, 0.2) is 5.17 Å². The van der Waals surface area contributed by atoms with Crippen molar-refractivity contribution in [1.29, 1.82) is 0 Å². The normalized spacial score (nSPS) is 24.1. The van der Waals surface area contributed by atoms with Crippen LogP contribution in [0.2, 0.25) is 0 Å². The first-order valence-electron chi connectivity index (χ1n) is 5.48. The van der Waals surface area contributed by atoms with E-state index in [-0.39, 0.29) is 0 Å². The topological polar surface area (TPSA) is 24.8 Å². The highest BCUT2D eigenvalue weighted by Crippen LogP contribution is 2.71. The van der Waals surface area contributed by atoms with Gasteiger partial charge in [0.25, 0.3) is 0 Å². The predicted molar refractivity (Wildman–Crippen MR) is 79.8 cm³/mol. The summed E-state index contributed by atoms with van der Waals surface area (Å²) in [6, 6.07) is 8.12. The average molecular weight is 286 g/mol. The molecule has 0 aromatic heterocycles. The molecule has 0 unspecified atom stereocenters. The van der Waals surface area contributed by atoms with Crippen molar-refractivity contribution in [3.05, 3.63) is 24.3 Å². The summed E-state index contributed by atoms with van der Waals surface area (Å²) in [5.41, 5.74) is 1.01. The Morgan fingerprint density at radius 2 is 1.88 bits per heavy atom. The standard InChI is InChI=1S/C11H14N2OS3/c15-17(16)10-4-2-1-3-9(10)12-11(17)13-5-7-14-8-6-13/h1-4,15-16H,5-8H2. The van der Waals surface area contributed by atoms with Crippen LogP contribution in [0.15, 0.2) is 34.2 Å². The van der Waals surface area contributed by atoms with Gasteiger partial charge in [0.2, 0.25) is 0 Å². The maximum atomic E-state index is 5.37. The van der Waals surface area contributed by atoms with Crippen molar-refractivity contribution in [2.75, 3.05) is 26.3 Å². The van der Waals surface area contributed by atoms with E-state index in [1.54, 1.807) is 0 Å². The Morgan fingerprint density at radius 1 is 1.18 bits per heavy atom. The second kappa shape index (κ2) is 4.42. The zero-order valence-corrected chi connectivity index (χ0v) is 11.8. The smallest absolute Gasteiger partial charge is 0.169 e. The molecule has 0 N–H and O–H groups in total. The summed E-state index contributed by atoms with van der Waals surface area (Å²) in [6.45, 7) is 3.27. The van der Waals surface area contributed by atoms with Crippen molar-refractivity contribution < 1.29 is 4.74 Å². The lowest BCUT2D eigenvalue weighted by atomic mass is 10.3. The molecule has 92 valence electrons. The number of amidine groups is 1. The first kappa shape index (κ1) is 11.8. The van der Waals surface area contributed by atoms with E-state index in [4.69, 9.17) is 33.1 Å². The Balaban J connectivity index is 1.97. The molecule has 3 nitrogen and oxygen atoms in total. The Bertz CT molecular complexity index is 470. The van der Waals surface area contributed by atoms with E-state index in [0.717, 1.165) is 42.1 Å². The van der Waals surface area contributed by atoms with Crippen LogP contribution in [0.3, 0.4) is 0 Å². The number of aliphatic imine (C=N–C) groups is 1. The van der Waals surface area contributed by atoms with E-state index in [2.05, 4.69) is 11.0 Å². The molecule has 3 rings (SSSR count). The maximum Gasteiger partial charge on any atom is 0.169 e. The van der Waals surface area contributed by atoms with Crippen LogP contribution in [0.25, 0.3) is 0 Å². The van der Waals surface area contributed by atoms with Gasteiger partial charge in [-0.1, -0.05) is 20.2 Å². The van der Waals surface area contributed by atoms with Gasteiger partial charge in [-0.2, -0.15) is 0 Å². The van der Waals surface area contributed by atoms with Crippen LogP contribution in [0.5, 0.6) is 0 Å². The van der Waals surface area contributed by atoms with Crippen molar-refractivity contribution in [3.8, 4) is 0 Å². The summed E-state index contributed by atoms with van der Waals surface area (Å²) >= 11 is 9.54. The summed E-state index contributed by atoms with van der Waals surface area (Å²) in [5, 5.41) is 1.01. The molecule has 0 aliphatic carbocycles. The highest BCUT2D eigenvalue weighted by molar-refractivity contribution is 9.23. The van der Waals surface area contributed by atoms with Crippen molar-refractivity contribution in [2.24, 2.45) is 4.99 Å². The Labute approximate surface area is 112 Å². The van der Waals surface area contributed by atoms with E-state index in [1.807, 2.05) is 18.2 Å². The first-order chi connectivity index (χ1) is 8.19. The zero-order chi connectivity index (χ0) is 11.9. The fraction of sp³-hybridized carbons (Fsp3) is 0.364. The van der Waals surface area contributed by atoms with Crippen LogP contribution >= 0.6 is 31.4 Å². The summed E-state index contributed by atoms with van der Waals surface area (Å²) in [5.74, 6) is 0. The highest BCUT2D eigenvalue weighted by Gasteiger charge is 2.36. The number of nitrogens with zero attached hydrogens (tertiary/aromatic N) is 2. The number of para-hydroxylation sites is 1. The van der Waals surface area contributed by atoms with Gasteiger partial charge >= 0.3 is 0 Å². The third-order valence-electron chi connectivity index (χ3n) is 2.92. The number of ether oxygens (including phenoxy) is 1. The Hall–Kier alpha value is -0.300. The second-order valence-corrected chi connectivity index (χ2v) is 10.1. The number of hydrogen-bond acceptors (Lipinski definition) is 5. The SMILES string of the molecule is SS1(S)C(N2CCOCC2)=Nc2ccccc21.